The van der Waals surface area contributed by atoms with E-state index >= 15 is 0 Å². The van der Waals surface area contributed by atoms with Crippen LogP contribution in [0.1, 0.15) is 24.0 Å². The van der Waals surface area contributed by atoms with Crippen LogP contribution in [0.5, 0.6) is 0 Å². The third-order valence-corrected chi connectivity index (χ3v) is 7.77. The fraction of sp³-hybridized carbons (Fsp3) is 0.481. The van der Waals surface area contributed by atoms with Crippen LogP contribution < -0.4 is 5.32 Å². The summed E-state index contributed by atoms with van der Waals surface area (Å²) in [5, 5.41) is 16.3. The highest BCUT2D eigenvalue weighted by Crippen LogP contribution is 2.34. The zero-order chi connectivity index (χ0) is 22.2. The number of benzene rings is 2. The van der Waals surface area contributed by atoms with Gasteiger partial charge in [0.15, 0.2) is 6.29 Å². The summed E-state index contributed by atoms with van der Waals surface area (Å²) in [7, 11) is 0. The van der Waals surface area contributed by atoms with Crippen molar-refractivity contribution in [3.8, 4) is 0 Å². The van der Waals surface area contributed by atoms with Crippen LogP contribution in [0.2, 0.25) is 0 Å². The summed E-state index contributed by atoms with van der Waals surface area (Å²) in [4.78, 5) is 5.74. The lowest BCUT2D eigenvalue weighted by molar-refractivity contribution is -0.186. The Balaban J connectivity index is 1.10. The number of fused-ring (bicyclic) bond motifs is 3. The molecule has 3 N–H and O–H groups in total. The second-order valence-electron chi connectivity index (χ2n) is 9.79. The predicted molar refractivity (Wildman–Crippen MR) is 128 cm³/mol. The Kier molecular flexibility index (Phi) is 5.94. The van der Waals surface area contributed by atoms with E-state index < -0.39 is 6.10 Å². The molecular formula is C27H33N3O3. The molecule has 3 aromatic rings. The average molecular weight is 448 g/mol. The molecule has 3 fully saturated rings. The van der Waals surface area contributed by atoms with Gasteiger partial charge in [0.1, 0.15) is 6.10 Å². The summed E-state index contributed by atoms with van der Waals surface area (Å²) in [5.41, 5.74) is 3.76. The standard InChI is InChI=1S/C27H33N3O3/c31-26-24(29-16-20-15-28-22-9-5-4-8-21(20)22)23-17-32-27(33-23)25(26)30-12-10-19(11-13-30)14-18-6-2-1-3-7-18/h1-9,15,19,23-29,31H,10-14,16-17H2/t23-,24-,25-,26+,27-/m1/s1. The zero-order valence-electron chi connectivity index (χ0n) is 18.9. The first-order valence-electron chi connectivity index (χ1n) is 12.3. The number of hydrogen-bond acceptors (Lipinski definition) is 5. The number of ether oxygens (including phenoxy) is 2. The molecule has 6 nitrogen and oxygen atoms in total. The quantitative estimate of drug-likeness (QED) is 0.542. The number of nitrogens with zero attached hydrogens (tertiary/aromatic N) is 1. The number of likely N-dealkylation sites (tertiary alicyclic amines) is 1. The van der Waals surface area contributed by atoms with E-state index in [0.717, 1.165) is 37.9 Å². The zero-order valence-corrected chi connectivity index (χ0v) is 18.9. The van der Waals surface area contributed by atoms with Crippen molar-refractivity contribution < 1.29 is 14.6 Å². The third-order valence-electron chi connectivity index (χ3n) is 7.77. The minimum Gasteiger partial charge on any atom is -0.390 e. The molecule has 5 atom stereocenters. The Morgan fingerprint density at radius 3 is 2.67 bits per heavy atom. The molecule has 0 amide bonds. The van der Waals surface area contributed by atoms with Crippen molar-refractivity contribution in [3.05, 3.63) is 71.9 Å². The highest BCUT2D eigenvalue weighted by atomic mass is 16.7. The van der Waals surface area contributed by atoms with Crippen LogP contribution in [-0.4, -0.2) is 65.3 Å². The van der Waals surface area contributed by atoms with Crippen LogP contribution in [0.15, 0.2) is 60.8 Å². The molecule has 3 saturated heterocycles. The van der Waals surface area contributed by atoms with Crippen LogP contribution >= 0.6 is 0 Å². The molecule has 0 aliphatic carbocycles. The molecular weight excluding hydrogens is 414 g/mol. The highest BCUT2D eigenvalue weighted by molar-refractivity contribution is 5.82. The number of aliphatic hydroxyl groups is 1. The second kappa shape index (κ2) is 9.20. The van der Waals surface area contributed by atoms with E-state index in [1.807, 2.05) is 6.07 Å². The summed E-state index contributed by atoms with van der Waals surface area (Å²) in [6.45, 7) is 3.17. The van der Waals surface area contributed by atoms with E-state index in [1.54, 1.807) is 0 Å². The van der Waals surface area contributed by atoms with Crippen LogP contribution in [0.3, 0.4) is 0 Å². The first-order chi connectivity index (χ1) is 16.3. The molecule has 0 radical (unpaired) electrons. The van der Waals surface area contributed by atoms with Crippen molar-refractivity contribution in [2.24, 2.45) is 5.92 Å². The summed E-state index contributed by atoms with van der Waals surface area (Å²) < 4.78 is 12.2. The lowest BCUT2D eigenvalue weighted by atomic mass is 9.87. The molecule has 0 saturated carbocycles. The van der Waals surface area contributed by atoms with Gasteiger partial charge in [0, 0.05) is 23.6 Å². The van der Waals surface area contributed by atoms with Gasteiger partial charge in [-0.05, 0) is 55.5 Å². The number of piperidine rings is 1. The second-order valence-corrected chi connectivity index (χ2v) is 9.79. The van der Waals surface area contributed by atoms with Crippen molar-refractivity contribution in [2.75, 3.05) is 19.7 Å². The smallest absolute Gasteiger partial charge is 0.176 e. The third kappa shape index (κ3) is 4.22. The van der Waals surface area contributed by atoms with Gasteiger partial charge in [-0.3, -0.25) is 4.90 Å². The van der Waals surface area contributed by atoms with Crippen molar-refractivity contribution in [1.82, 2.24) is 15.2 Å². The molecule has 1 aromatic heterocycles. The Labute approximate surface area is 194 Å². The number of aromatic nitrogens is 1. The van der Waals surface area contributed by atoms with Crippen LogP contribution in [0.4, 0.5) is 0 Å². The first kappa shape index (κ1) is 21.3. The van der Waals surface area contributed by atoms with Gasteiger partial charge in [0.05, 0.1) is 24.8 Å². The number of nitrogens with one attached hydrogen (secondary N) is 2. The molecule has 6 rings (SSSR count). The van der Waals surface area contributed by atoms with Gasteiger partial charge >= 0.3 is 0 Å². The molecule has 0 unspecified atom stereocenters. The normalized spacial score (nSPS) is 30.8. The van der Waals surface area contributed by atoms with E-state index in [9.17, 15) is 5.11 Å². The summed E-state index contributed by atoms with van der Waals surface area (Å²) in [5.74, 6) is 0.693. The predicted octanol–water partition coefficient (Wildman–Crippen LogP) is 3.07. The van der Waals surface area contributed by atoms with E-state index in [4.69, 9.17) is 9.47 Å². The highest BCUT2D eigenvalue weighted by Gasteiger charge is 2.52. The maximum Gasteiger partial charge on any atom is 0.176 e. The monoisotopic (exact) mass is 447 g/mol. The van der Waals surface area contributed by atoms with Crippen molar-refractivity contribution in [1.29, 1.82) is 0 Å². The Hall–Kier alpha value is -2.22. The van der Waals surface area contributed by atoms with Gasteiger partial charge in [0.2, 0.25) is 0 Å². The minimum atomic E-state index is -0.521. The number of aromatic amines is 1. The van der Waals surface area contributed by atoms with Crippen molar-refractivity contribution >= 4 is 10.9 Å². The Bertz CT molecular complexity index is 1060. The number of aliphatic hydroxyl groups excluding tert-OH is 1. The van der Waals surface area contributed by atoms with Gasteiger partial charge in [-0.25, -0.2) is 0 Å². The van der Waals surface area contributed by atoms with Gasteiger partial charge in [-0.2, -0.15) is 0 Å². The van der Waals surface area contributed by atoms with Gasteiger partial charge in [-0.15, -0.1) is 0 Å². The Morgan fingerprint density at radius 2 is 1.82 bits per heavy atom. The summed E-state index contributed by atoms with van der Waals surface area (Å²) in [6.07, 6.45) is 4.51. The molecule has 4 heterocycles. The SMILES string of the molecule is O[C@H]1[C@H](NCc2c[nH]c3ccccc23)[C@H]2CO[C@H](O2)[C@@H]1N1CCC(Cc2ccccc2)CC1. The van der Waals surface area contributed by atoms with Crippen molar-refractivity contribution in [3.63, 3.8) is 0 Å². The number of para-hydroxylation sites is 1. The fourth-order valence-corrected chi connectivity index (χ4v) is 5.95. The van der Waals surface area contributed by atoms with E-state index in [1.165, 1.54) is 16.5 Å². The molecule has 6 heteroatoms. The summed E-state index contributed by atoms with van der Waals surface area (Å²) in [6, 6.07) is 18.8. The average Bonchev–Trinajstić information content (AvgIpc) is 3.46. The fourth-order valence-electron chi connectivity index (χ4n) is 5.95. The van der Waals surface area contributed by atoms with E-state index in [2.05, 4.69) is 69.9 Å². The number of rotatable bonds is 6. The van der Waals surface area contributed by atoms with Gasteiger partial charge in [-0.1, -0.05) is 48.5 Å². The maximum atomic E-state index is 11.4. The maximum absolute atomic E-state index is 11.4. The molecule has 3 aliphatic rings. The molecule has 0 spiro atoms. The molecule has 33 heavy (non-hydrogen) atoms. The molecule has 3 aliphatic heterocycles. The van der Waals surface area contributed by atoms with E-state index in [0.29, 0.717) is 19.1 Å². The number of hydrogen-bond donors (Lipinski definition) is 3. The van der Waals surface area contributed by atoms with Crippen molar-refractivity contribution in [2.45, 2.75) is 56.4 Å². The molecule has 2 aromatic carbocycles. The summed E-state index contributed by atoms with van der Waals surface area (Å²) >= 11 is 0. The molecule has 174 valence electrons. The van der Waals surface area contributed by atoms with Crippen LogP contribution in [-0.2, 0) is 22.4 Å². The number of H-pyrrole nitrogens is 1. The minimum absolute atomic E-state index is 0.109. The molecule has 2 bridgehead atoms. The van der Waals surface area contributed by atoms with Gasteiger partial charge < -0.3 is 24.9 Å². The van der Waals surface area contributed by atoms with Crippen LogP contribution in [0, 0.1) is 5.92 Å². The lowest BCUT2D eigenvalue weighted by Crippen LogP contribution is -2.65. The topological polar surface area (TPSA) is 69.8 Å². The lowest BCUT2D eigenvalue weighted by Gasteiger charge is -2.46. The van der Waals surface area contributed by atoms with E-state index in [-0.39, 0.29) is 24.5 Å². The van der Waals surface area contributed by atoms with Gasteiger partial charge in [0.25, 0.3) is 0 Å². The first-order valence-corrected chi connectivity index (χ1v) is 12.3. The Morgan fingerprint density at radius 1 is 1.03 bits per heavy atom. The van der Waals surface area contributed by atoms with Crippen LogP contribution in [0.25, 0.3) is 10.9 Å². The largest absolute Gasteiger partial charge is 0.390 e.